The van der Waals surface area contributed by atoms with Gasteiger partial charge in [0.1, 0.15) is 0 Å². The summed E-state index contributed by atoms with van der Waals surface area (Å²) in [6.07, 6.45) is 3.93. The predicted octanol–water partition coefficient (Wildman–Crippen LogP) is 3.03. The summed E-state index contributed by atoms with van der Waals surface area (Å²) in [7, 11) is 0. The van der Waals surface area contributed by atoms with Crippen molar-refractivity contribution in [1.29, 1.82) is 0 Å². The van der Waals surface area contributed by atoms with E-state index in [2.05, 4.69) is 27.7 Å². The third-order valence-electron chi connectivity index (χ3n) is 5.18. The molecule has 0 aromatic heterocycles. The molecule has 0 saturated heterocycles. The molecule has 3 atom stereocenters. The van der Waals surface area contributed by atoms with Crippen molar-refractivity contribution in [3.05, 3.63) is 23.0 Å². The molecule has 1 N–H and O–H groups in total. The molecule has 0 aromatic rings. The van der Waals surface area contributed by atoms with Gasteiger partial charge in [0.05, 0.1) is 24.4 Å². The third-order valence-corrected chi connectivity index (χ3v) is 5.18. The van der Waals surface area contributed by atoms with Gasteiger partial charge in [-0.3, -0.25) is 0 Å². The quantitative estimate of drug-likeness (QED) is 0.698. The van der Waals surface area contributed by atoms with E-state index < -0.39 is 0 Å². The van der Waals surface area contributed by atoms with Gasteiger partial charge in [-0.05, 0) is 36.8 Å². The number of aliphatic hydroxyl groups is 1. The summed E-state index contributed by atoms with van der Waals surface area (Å²) in [6, 6.07) is 0. The number of hydrogen-bond donors (Lipinski definition) is 1. The van der Waals surface area contributed by atoms with E-state index in [9.17, 15) is 5.11 Å². The van der Waals surface area contributed by atoms with E-state index in [1.165, 1.54) is 23.1 Å². The average Bonchev–Trinajstić information content (AvgIpc) is 2.43. The molecule has 1 aliphatic heterocycles. The van der Waals surface area contributed by atoms with E-state index in [1.54, 1.807) is 0 Å². The molecule has 0 amide bonds. The molecule has 2 aliphatic carbocycles. The second-order valence-electron chi connectivity index (χ2n) is 6.72. The zero-order valence-electron chi connectivity index (χ0n) is 11.2. The second kappa shape index (κ2) is 3.17. The largest absolute Gasteiger partial charge is 0.500 e. The molecule has 17 heavy (non-hydrogen) atoms. The molecule has 2 heteroatoms. The van der Waals surface area contributed by atoms with Crippen molar-refractivity contribution in [2.45, 2.75) is 46.6 Å². The maximum Gasteiger partial charge on any atom is 0.0992 e. The lowest BCUT2D eigenvalue weighted by molar-refractivity contribution is -0.0281. The van der Waals surface area contributed by atoms with Crippen LogP contribution in [0.2, 0.25) is 0 Å². The van der Waals surface area contributed by atoms with Crippen LogP contribution in [0.4, 0.5) is 0 Å². The van der Waals surface area contributed by atoms with Gasteiger partial charge in [-0.15, -0.1) is 0 Å². The van der Waals surface area contributed by atoms with Crippen LogP contribution < -0.4 is 0 Å². The lowest BCUT2D eigenvalue weighted by Crippen LogP contribution is -2.42. The third kappa shape index (κ3) is 1.20. The standard InChI is InChI=1S/C15H22O2/c1-9-5-6-11-12-10(9)7-17-8-15(12,4)13(16)14(11,2)3/h7,9,13,16H,5-6,8H2,1-4H3/t9-,13-,15-/m1/s1. The van der Waals surface area contributed by atoms with Gasteiger partial charge in [0.25, 0.3) is 0 Å². The van der Waals surface area contributed by atoms with E-state index in [-0.39, 0.29) is 16.9 Å². The minimum Gasteiger partial charge on any atom is -0.500 e. The zero-order chi connectivity index (χ0) is 12.4. The Labute approximate surface area is 103 Å². The van der Waals surface area contributed by atoms with Crippen molar-refractivity contribution in [1.82, 2.24) is 0 Å². The normalized spacial score (nSPS) is 43.0. The molecule has 3 rings (SSSR count). The molecule has 94 valence electrons. The Morgan fingerprint density at radius 2 is 2.06 bits per heavy atom. The van der Waals surface area contributed by atoms with Crippen molar-refractivity contribution in [3.8, 4) is 0 Å². The molecule has 0 saturated carbocycles. The van der Waals surface area contributed by atoms with Gasteiger partial charge in [0.15, 0.2) is 0 Å². The number of allylic oxidation sites excluding steroid dienone is 1. The molecular weight excluding hydrogens is 212 g/mol. The molecule has 0 fully saturated rings. The van der Waals surface area contributed by atoms with Crippen LogP contribution in [0.1, 0.15) is 40.5 Å². The Morgan fingerprint density at radius 3 is 2.76 bits per heavy atom. The molecule has 0 radical (unpaired) electrons. The first kappa shape index (κ1) is 11.3. The van der Waals surface area contributed by atoms with E-state index in [4.69, 9.17) is 4.74 Å². The topological polar surface area (TPSA) is 29.5 Å². The van der Waals surface area contributed by atoms with Crippen molar-refractivity contribution in [2.24, 2.45) is 16.7 Å². The van der Waals surface area contributed by atoms with Gasteiger partial charge in [-0.25, -0.2) is 0 Å². The molecule has 0 spiro atoms. The van der Waals surface area contributed by atoms with Gasteiger partial charge in [0.2, 0.25) is 0 Å². The number of hydrogen-bond acceptors (Lipinski definition) is 2. The van der Waals surface area contributed by atoms with Crippen molar-refractivity contribution >= 4 is 0 Å². The van der Waals surface area contributed by atoms with Gasteiger partial charge in [-0.2, -0.15) is 0 Å². The maximum absolute atomic E-state index is 10.7. The fourth-order valence-corrected chi connectivity index (χ4v) is 4.11. The highest BCUT2D eigenvalue weighted by atomic mass is 16.5. The highest BCUT2D eigenvalue weighted by Gasteiger charge is 2.57. The summed E-state index contributed by atoms with van der Waals surface area (Å²) >= 11 is 0. The van der Waals surface area contributed by atoms with E-state index in [0.29, 0.717) is 12.5 Å². The summed E-state index contributed by atoms with van der Waals surface area (Å²) in [5.74, 6) is 0.564. The fourth-order valence-electron chi connectivity index (χ4n) is 4.11. The lowest BCUT2D eigenvalue weighted by atomic mass is 9.71. The van der Waals surface area contributed by atoms with Crippen molar-refractivity contribution in [3.63, 3.8) is 0 Å². The van der Waals surface area contributed by atoms with Crippen LogP contribution in [0.3, 0.4) is 0 Å². The zero-order valence-corrected chi connectivity index (χ0v) is 11.2. The van der Waals surface area contributed by atoms with Crippen LogP contribution in [0.25, 0.3) is 0 Å². The highest BCUT2D eigenvalue weighted by Crippen LogP contribution is 2.61. The summed E-state index contributed by atoms with van der Waals surface area (Å²) in [5.41, 5.74) is 3.93. The Kier molecular flexibility index (Phi) is 2.11. The van der Waals surface area contributed by atoms with E-state index in [1.807, 2.05) is 6.26 Å². The molecule has 2 nitrogen and oxygen atoms in total. The Hall–Kier alpha value is -0.760. The summed E-state index contributed by atoms with van der Waals surface area (Å²) < 4.78 is 5.65. The SMILES string of the molecule is C[C@@H]1CCC2=C3C1=COC[C@@]3(C)[C@H](O)C2(C)C. The molecule has 3 aliphatic rings. The number of rotatable bonds is 0. The van der Waals surface area contributed by atoms with Crippen LogP contribution >= 0.6 is 0 Å². The van der Waals surface area contributed by atoms with Crippen molar-refractivity contribution < 1.29 is 9.84 Å². The molecule has 0 aromatic carbocycles. The molecule has 0 bridgehead atoms. The van der Waals surface area contributed by atoms with Crippen LogP contribution in [0.5, 0.6) is 0 Å². The molecular formula is C15H22O2. The predicted molar refractivity (Wildman–Crippen MR) is 67.4 cm³/mol. The van der Waals surface area contributed by atoms with Crippen molar-refractivity contribution in [2.75, 3.05) is 6.61 Å². The average molecular weight is 234 g/mol. The smallest absolute Gasteiger partial charge is 0.0992 e. The summed E-state index contributed by atoms with van der Waals surface area (Å²) in [5, 5.41) is 10.7. The number of ether oxygens (including phenoxy) is 1. The fraction of sp³-hybridized carbons (Fsp3) is 0.733. The van der Waals surface area contributed by atoms with Gasteiger partial charge in [0, 0.05) is 5.41 Å². The first-order valence-electron chi connectivity index (χ1n) is 6.63. The first-order chi connectivity index (χ1) is 7.89. The van der Waals surface area contributed by atoms with E-state index in [0.717, 1.165) is 6.42 Å². The van der Waals surface area contributed by atoms with Crippen LogP contribution in [0, 0.1) is 16.7 Å². The van der Waals surface area contributed by atoms with Crippen LogP contribution in [-0.4, -0.2) is 17.8 Å². The minimum atomic E-state index is -0.325. The Balaban J connectivity index is 2.23. The monoisotopic (exact) mass is 234 g/mol. The van der Waals surface area contributed by atoms with Crippen LogP contribution in [-0.2, 0) is 4.74 Å². The highest BCUT2D eigenvalue weighted by molar-refractivity contribution is 5.52. The second-order valence-corrected chi connectivity index (χ2v) is 6.72. The number of aliphatic hydroxyl groups excluding tert-OH is 1. The van der Waals surface area contributed by atoms with E-state index >= 15 is 0 Å². The molecule has 0 unspecified atom stereocenters. The summed E-state index contributed by atoms with van der Waals surface area (Å²) in [6.45, 7) is 9.40. The van der Waals surface area contributed by atoms with Gasteiger partial charge < -0.3 is 9.84 Å². The summed E-state index contributed by atoms with van der Waals surface area (Å²) in [4.78, 5) is 0. The lowest BCUT2D eigenvalue weighted by Gasteiger charge is -2.39. The van der Waals surface area contributed by atoms with Crippen LogP contribution in [0.15, 0.2) is 23.0 Å². The molecule has 1 heterocycles. The van der Waals surface area contributed by atoms with Gasteiger partial charge >= 0.3 is 0 Å². The maximum atomic E-state index is 10.7. The Bertz CT molecular complexity index is 430. The minimum absolute atomic E-state index is 0.100. The first-order valence-corrected chi connectivity index (χ1v) is 6.63. The van der Waals surface area contributed by atoms with Gasteiger partial charge in [-0.1, -0.05) is 26.3 Å². The Morgan fingerprint density at radius 1 is 1.35 bits per heavy atom.